The molecule has 0 radical (unpaired) electrons. The van der Waals surface area contributed by atoms with Crippen LogP contribution in [0.25, 0.3) is 0 Å². The van der Waals surface area contributed by atoms with Crippen LogP contribution in [0, 0.1) is 0 Å². The van der Waals surface area contributed by atoms with Crippen molar-refractivity contribution >= 4 is 17.4 Å². The van der Waals surface area contributed by atoms with Crippen LogP contribution in [-0.2, 0) is 0 Å². The molecule has 1 unspecified atom stereocenters. The molecule has 0 saturated carbocycles. The summed E-state index contributed by atoms with van der Waals surface area (Å²) in [5.74, 6) is 0.403. The molecule has 0 aromatic heterocycles. The van der Waals surface area contributed by atoms with Crippen LogP contribution in [0.1, 0.15) is 40.4 Å². The van der Waals surface area contributed by atoms with Crippen molar-refractivity contribution in [3.05, 3.63) is 64.2 Å². The molecular weight excluding hydrogens is 298 g/mol. The molecule has 1 aliphatic heterocycles. The maximum Gasteiger partial charge on any atom is 0.263 e. The summed E-state index contributed by atoms with van der Waals surface area (Å²) in [6.07, 6.45) is -2.80. The van der Waals surface area contributed by atoms with Gasteiger partial charge in [-0.2, -0.15) is 0 Å². The fourth-order valence-electron chi connectivity index (χ4n) is 2.34. The van der Waals surface area contributed by atoms with Gasteiger partial charge in [0.15, 0.2) is 5.78 Å². The molecule has 2 aromatic rings. The standard InChI is InChI=1S/C16H11ClF2O2/c17-11-5-6-14-12(7-11)13(20)8-15(21-14)9-1-3-10(4-2-9)16(18)19/h1-7,15-16H,8H2. The Kier molecular flexibility index (Phi) is 3.64. The lowest BCUT2D eigenvalue weighted by Gasteiger charge is -2.25. The lowest BCUT2D eigenvalue weighted by Crippen LogP contribution is -2.20. The molecular formula is C16H11ClF2O2. The number of Topliss-reactive ketones (excluding diaryl/α,β-unsaturated/α-hetero) is 1. The van der Waals surface area contributed by atoms with E-state index in [0.29, 0.717) is 21.9 Å². The van der Waals surface area contributed by atoms with Crippen molar-refractivity contribution in [2.45, 2.75) is 19.0 Å². The first kappa shape index (κ1) is 14.0. The third-order valence-corrected chi connectivity index (χ3v) is 3.68. The Morgan fingerprint density at radius 2 is 1.86 bits per heavy atom. The Labute approximate surface area is 125 Å². The summed E-state index contributed by atoms with van der Waals surface area (Å²) in [6, 6.07) is 10.7. The number of hydrogen-bond donors (Lipinski definition) is 0. The van der Waals surface area contributed by atoms with Gasteiger partial charge in [-0.15, -0.1) is 0 Å². The quantitative estimate of drug-likeness (QED) is 0.781. The molecule has 1 atom stereocenters. The van der Waals surface area contributed by atoms with E-state index in [4.69, 9.17) is 16.3 Å². The first-order valence-electron chi connectivity index (χ1n) is 6.42. The van der Waals surface area contributed by atoms with E-state index in [1.807, 2.05) is 0 Å². The second-order valence-corrected chi connectivity index (χ2v) is 5.28. The average molecular weight is 309 g/mol. The number of ether oxygens (including phenoxy) is 1. The van der Waals surface area contributed by atoms with Gasteiger partial charge in [-0.3, -0.25) is 4.79 Å². The zero-order valence-corrected chi connectivity index (χ0v) is 11.6. The zero-order chi connectivity index (χ0) is 15.0. The van der Waals surface area contributed by atoms with E-state index in [0.717, 1.165) is 0 Å². The summed E-state index contributed by atoms with van der Waals surface area (Å²) in [7, 11) is 0. The highest BCUT2D eigenvalue weighted by Gasteiger charge is 2.27. The van der Waals surface area contributed by atoms with Gasteiger partial charge in [-0.05, 0) is 23.8 Å². The highest BCUT2D eigenvalue weighted by Crippen LogP contribution is 2.36. The SMILES string of the molecule is O=C1CC(c2ccc(C(F)F)cc2)Oc2ccc(Cl)cc21. The Balaban J connectivity index is 1.88. The van der Waals surface area contributed by atoms with Crippen molar-refractivity contribution < 1.29 is 18.3 Å². The maximum absolute atomic E-state index is 12.5. The van der Waals surface area contributed by atoms with Crippen LogP contribution in [-0.4, -0.2) is 5.78 Å². The Morgan fingerprint density at radius 1 is 1.14 bits per heavy atom. The van der Waals surface area contributed by atoms with Crippen LogP contribution < -0.4 is 4.74 Å². The van der Waals surface area contributed by atoms with Crippen LogP contribution in [0.15, 0.2) is 42.5 Å². The topological polar surface area (TPSA) is 26.3 Å². The van der Waals surface area contributed by atoms with Gasteiger partial charge in [0.25, 0.3) is 6.43 Å². The molecule has 2 aromatic carbocycles. The van der Waals surface area contributed by atoms with Crippen LogP contribution in [0.5, 0.6) is 5.75 Å². The third kappa shape index (κ3) is 2.76. The van der Waals surface area contributed by atoms with Gasteiger partial charge >= 0.3 is 0 Å². The lowest BCUT2D eigenvalue weighted by molar-refractivity contribution is 0.0849. The van der Waals surface area contributed by atoms with E-state index in [9.17, 15) is 13.6 Å². The lowest BCUT2D eigenvalue weighted by atomic mass is 9.96. The summed E-state index contributed by atoms with van der Waals surface area (Å²) in [6.45, 7) is 0. The van der Waals surface area contributed by atoms with E-state index in [2.05, 4.69) is 0 Å². The minimum Gasteiger partial charge on any atom is -0.484 e. The van der Waals surface area contributed by atoms with Gasteiger partial charge in [-0.1, -0.05) is 35.9 Å². The number of rotatable bonds is 2. The van der Waals surface area contributed by atoms with Gasteiger partial charge in [0.05, 0.1) is 12.0 Å². The van der Waals surface area contributed by atoms with Crippen LogP contribution >= 0.6 is 11.6 Å². The monoisotopic (exact) mass is 308 g/mol. The summed E-state index contributed by atoms with van der Waals surface area (Å²) in [5, 5.41) is 0.477. The maximum atomic E-state index is 12.5. The van der Waals surface area contributed by atoms with Crippen LogP contribution in [0.3, 0.4) is 0 Å². The van der Waals surface area contributed by atoms with E-state index in [1.165, 1.54) is 12.1 Å². The van der Waals surface area contributed by atoms with Gasteiger partial charge in [-0.25, -0.2) is 8.78 Å². The third-order valence-electron chi connectivity index (χ3n) is 3.44. The van der Waals surface area contributed by atoms with Crippen molar-refractivity contribution in [3.8, 4) is 5.75 Å². The van der Waals surface area contributed by atoms with E-state index < -0.39 is 12.5 Å². The molecule has 0 N–H and O–H groups in total. The molecule has 1 aliphatic rings. The number of benzene rings is 2. The molecule has 0 bridgehead atoms. The molecule has 0 saturated heterocycles. The van der Waals surface area contributed by atoms with Gasteiger partial charge in [0, 0.05) is 10.6 Å². The number of ketones is 1. The molecule has 0 aliphatic carbocycles. The van der Waals surface area contributed by atoms with E-state index in [1.54, 1.807) is 30.3 Å². The number of carbonyl (C=O) groups excluding carboxylic acids is 1. The minimum absolute atomic E-state index is 0.0481. The first-order valence-corrected chi connectivity index (χ1v) is 6.80. The summed E-state index contributed by atoms with van der Waals surface area (Å²) in [5.41, 5.74) is 1.12. The second-order valence-electron chi connectivity index (χ2n) is 4.84. The largest absolute Gasteiger partial charge is 0.484 e. The summed E-state index contributed by atoms with van der Waals surface area (Å²) < 4.78 is 30.9. The Bertz CT molecular complexity index is 683. The summed E-state index contributed by atoms with van der Waals surface area (Å²) in [4.78, 5) is 12.1. The van der Waals surface area contributed by atoms with E-state index >= 15 is 0 Å². The fraction of sp³-hybridized carbons (Fsp3) is 0.188. The number of hydrogen-bond acceptors (Lipinski definition) is 2. The van der Waals surface area contributed by atoms with Gasteiger partial charge in [0.2, 0.25) is 0 Å². The average Bonchev–Trinajstić information content (AvgIpc) is 2.48. The zero-order valence-electron chi connectivity index (χ0n) is 10.9. The van der Waals surface area contributed by atoms with E-state index in [-0.39, 0.29) is 17.8 Å². The minimum atomic E-state index is -2.50. The molecule has 21 heavy (non-hydrogen) atoms. The normalized spacial score (nSPS) is 17.5. The Morgan fingerprint density at radius 3 is 2.52 bits per heavy atom. The second kappa shape index (κ2) is 5.45. The number of alkyl halides is 2. The molecule has 2 nitrogen and oxygen atoms in total. The van der Waals surface area contributed by atoms with Crippen molar-refractivity contribution in [3.63, 3.8) is 0 Å². The molecule has 0 fully saturated rings. The molecule has 3 rings (SSSR count). The summed E-state index contributed by atoms with van der Waals surface area (Å²) >= 11 is 5.86. The van der Waals surface area contributed by atoms with Crippen molar-refractivity contribution in [1.82, 2.24) is 0 Å². The van der Waals surface area contributed by atoms with Crippen LogP contribution in [0.2, 0.25) is 5.02 Å². The number of fused-ring (bicyclic) bond motifs is 1. The highest BCUT2D eigenvalue weighted by molar-refractivity contribution is 6.31. The van der Waals surface area contributed by atoms with Gasteiger partial charge < -0.3 is 4.74 Å². The van der Waals surface area contributed by atoms with Gasteiger partial charge in [0.1, 0.15) is 11.9 Å². The smallest absolute Gasteiger partial charge is 0.263 e. The van der Waals surface area contributed by atoms with Crippen molar-refractivity contribution in [2.75, 3.05) is 0 Å². The van der Waals surface area contributed by atoms with Crippen molar-refractivity contribution in [2.24, 2.45) is 0 Å². The van der Waals surface area contributed by atoms with Crippen molar-refractivity contribution in [1.29, 1.82) is 0 Å². The molecule has 0 spiro atoms. The molecule has 1 heterocycles. The first-order chi connectivity index (χ1) is 10.0. The highest BCUT2D eigenvalue weighted by atomic mass is 35.5. The number of halogens is 3. The fourth-order valence-corrected chi connectivity index (χ4v) is 2.51. The Hall–Kier alpha value is -1.94. The molecule has 0 amide bonds. The number of carbonyl (C=O) groups is 1. The molecule has 108 valence electrons. The predicted octanol–water partition coefficient (Wildman–Crippen LogP) is 4.98. The van der Waals surface area contributed by atoms with Crippen LogP contribution in [0.4, 0.5) is 8.78 Å². The predicted molar refractivity (Wildman–Crippen MR) is 75.2 cm³/mol. The molecule has 5 heteroatoms.